The Balaban J connectivity index is 2.20. The fourth-order valence-corrected chi connectivity index (χ4v) is 3.12. The Labute approximate surface area is 142 Å². The number of piperidine rings is 1. The van der Waals surface area contributed by atoms with Gasteiger partial charge in [-0.1, -0.05) is 30.3 Å². The van der Waals surface area contributed by atoms with Gasteiger partial charge in [-0.15, -0.1) is 0 Å². The molecule has 0 radical (unpaired) electrons. The molecule has 1 fully saturated rings. The number of ether oxygens (including phenoxy) is 1. The first kappa shape index (κ1) is 18.4. The maximum Gasteiger partial charge on any atom is 0.312 e. The highest BCUT2D eigenvalue weighted by Crippen LogP contribution is 2.36. The van der Waals surface area contributed by atoms with Crippen LogP contribution in [0.2, 0.25) is 0 Å². The standard InChI is InChI=1S/C18H25NO5/c1-17(2,24-3)15(21)19-10-9-18(16(22)23,14(20)12-19)11-13-7-5-4-6-8-13/h4-8,14,20H,9-12H2,1-3H3,(H,22,23)/t14-,18+/m0/s1. The van der Waals surface area contributed by atoms with E-state index in [0.29, 0.717) is 0 Å². The van der Waals surface area contributed by atoms with Crippen molar-refractivity contribution in [1.29, 1.82) is 0 Å². The molecule has 6 heteroatoms. The maximum absolute atomic E-state index is 12.5. The van der Waals surface area contributed by atoms with Crippen molar-refractivity contribution in [3.05, 3.63) is 35.9 Å². The summed E-state index contributed by atoms with van der Waals surface area (Å²) >= 11 is 0. The van der Waals surface area contributed by atoms with Crippen LogP contribution in [0, 0.1) is 5.41 Å². The SMILES string of the molecule is COC(C)(C)C(=O)N1CC[C@](Cc2ccccc2)(C(=O)O)[C@@H](O)C1. The molecule has 1 heterocycles. The lowest BCUT2D eigenvalue weighted by Gasteiger charge is -2.44. The molecule has 1 aromatic carbocycles. The van der Waals surface area contributed by atoms with Crippen LogP contribution in [0.25, 0.3) is 0 Å². The van der Waals surface area contributed by atoms with E-state index in [2.05, 4.69) is 0 Å². The van der Waals surface area contributed by atoms with Gasteiger partial charge in [0.1, 0.15) is 11.0 Å². The molecule has 2 N–H and O–H groups in total. The molecule has 0 saturated carbocycles. The largest absolute Gasteiger partial charge is 0.481 e. The molecule has 1 aliphatic rings. The molecular formula is C18H25NO5. The zero-order valence-corrected chi connectivity index (χ0v) is 14.4. The lowest BCUT2D eigenvalue weighted by atomic mass is 9.71. The zero-order chi connectivity index (χ0) is 18.0. The van der Waals surface area contributed by atoms with E-state index in [4.69, 9.17) is 4.74 Å². The Morgan fingerprint density at radius 2 is 1.96 bits per heavy atom. The van der Waals surface area contributed by atoms with Gasteiger partial charge in [-0.2, -0.15) is 0 Å². The Bertz CT molecular complexity index is 601. The molecule has 2 rings (SSSR count). The minimum Gasteiger partial charge on any atom is -0.481 e. The van der Waals surface area contributed by atoms with E-state index in [1.165, 1.54) is 12.0 Å². The number of aliphatic hydroxyl groups is 1. The Morgan fingerprint density at radius 3 is 2.46 bits per heavy atom. The molecule has 2 atom stereocenters. The van der Waals surface area contributed by atoms with E-state index < -0.39 is 23.1 Å². The van der Waals surface area contributed by atoms with Gasteiger partial charge in [0.05, 0.1) is 6.10 Å². The van der Waals surface area contributed by atoms with Crippen molar-refractivity contribution < 1.29 is 24.5 Å². The van der Waals surface area contributed by atoms with Gasteiger partial charge in [0.2, 0.25) is 0 Å². The van der Waals surface area contributed by atoms with Crippen LogP contribution >= 0.6 is 0 Å². The monoisotopic (exact) mass is 335 g/mol. The lowest BCUT2D eigenvalue weighted by Crippen LogP contribution is -2.59. The molecule has 6 nitrogen and oxygen atoms in total. The molecule has 0 aromatic heterocycles. The smallest absolute Gasteiger partial charge is 0.312 e. The number of rotatable bonds is 5. The minimum absolute atomic E-state index is 0.00917. The van der Waals surface area contributed by atoms with E-state index in [9.17, 15) is 19.8 Å². The van der Waals surface area contributed by atoms with Gasteiger partial charge < -0.3 is 19.8 Å². The number of amides is 1. The molecule has 0 aliphatic carbocycles. The number of nitrogens with zero attached hydrogens (tertiary/aromatic N) is 1. The van der Waals surface area contributed by atoms with Crippen LogP contribution in [-0.4, -0.2) is 58.9 Å². The molecule has 1 aliphatic heterocycles. The Morgan fingerprint density at radius 1 is 1.33 bits per heavy atom. The number of hydrogen-bond donors (Lipinski definition) is 2. The van der Waals surface area contributed by atoms with Crippen molar-refractivity contribution in [2.24, 2.45) is 5.41 Å². The quantitative estimate of drug-likeness (QED) is 0.847. The van der Waals surface area contributed by atoms with Crippen LogP contribution in [0.1, 0.15) is 25.8 Å². The summed E-state index contributed by atoms with van der Waals surface area (Å²) in [6.45, 7) is 3.59. The van der Waals surface area contributed by atoms with E-state index in [1.54, 1.807) is 13.8 Å². The number of likely N-dealkylation sites (tertiary alicyclic amines) is 1. The second kappa shape index (κ2) is 6.91. The van der Waals surface area contributed by atoms with Crippen molar-refractivity contribution in [3.63, 3.8) is 0 Å². The zero-order valence-electron chi connectivity index (χ0n) is 14.4. The summed E-state index contributed by atoms with van der Waals surface area (Å²) in [5.74, 6) is -1.28. The number of β-amino-alcohol motifs (C(OH)–C–C–N with tert-alkyl or cyclic N) is 1. The van der Waals surface area contributed by atoms with Gasteiger partial charge >= 0.3 is 5.97 Å². The van der Waals surface area contributed by atoms with E-state index in [0.717, 1.165) is 5.56 Å². The third-order valence-electron chi connectivity index (χ3n) is 4.96. The first-order valence-corrected chi connectivity index (χ1v) is 8.03. The summed E-state index contributed by atoms with van der Waals surface area (Å²) in [5.41, 5.74) is -1.42. The van der Waals surface area contributed by atoms with E-state index in [-0.39, 0.29) is 31.8 Å². The van der Waals surface area contributed by atoms with Crippen LogP contribution in [0.15, 0.2) is 30.3 Å². The average Bonchev–Trinajstić information content (AvgIpc) is 2.56. The minimum atomic E-state index is -1.28. The summed E-state index contributed by atoms with van der Waals surface area (Å²) in [6.07, 6.45) is -0.704. The van der Waals surface area contributed by atoms with Crippen molar-refractivity contribution >= 4 is 11.9 Å². The summed E-state index contributed by atoms with van der Waals surface area (Å²) < 4.78 is 5.19. The molecule has 24 heavy (non-hydrogen) atoms. The fourth-order valence-electron chi connectivity index (χ4n) is 3.12. The first-order valence-electron chi connectivity index (χ1n) is 8.03. The number of carbonyl (C=O) groups excluding carboxylic acids is 1. The van der Waals surface area contributed by atoms with Crippen molar-refractivity contribution in [3.8, 4) is 0 Å². The number of carboxylic acids is 1. The molecular weight excluding hydrogens is 310 g/mol. The van der Waals surface area contributed by atoms with Crippen LogP contribution in [-0.2, 0) is 20.7 Å². The fraction of sp³-hybridized carbons (Fsp3) is 0.556. The molecule has 1 aromatic rings. The van der Waals surface area contributed by atoms with E-state index in [1.807, 2.05) is 30.3 Å². The van der Waals surface area contributed by atoms with Crippen molar-refractivity contribution in [1.82, 2.24) is 4.90 Å². The van der Waals surface area contributed by atoms with Gasteiger partial charge in [0.15, 0.2) is 0 Å². The van der Waals surface area contributed by atoms with Gasteiger partial charge in [-0.3, -0.25) is 9.59 Å². The average molecular weight is 335 g/mol. The van der Waals surface area contributed by atoms with Crippen LogP contribution in [0.4, 0.5) is 0 Å². The molecule has 1 saturated heterocycles. The van der Waals surface area contributed by atoms with E-state index >= 15 is 0 Å². The molecule has 132 valence electrons. The summed E-state index contributed by atoms with van der Waals surface area (Å²) in [4.78, 5) is 25.9. The number of carbonyl (C=O) groups is 2. The van der Waals surface area contributed by atoms with Gasteiger partial charge in [0, 0.05) is 20.2 Å². The predicted octanol–water partition coefficient (Wildman–Crippen LogP) is 1.32. The predicted molar refractivity (Wildman–Crippen MR) is 88.5 cm³/mol. The maximum atomic E-state index is 12.5. The molecule has 0 bridgehead atoms. The summed E-state index contributed by atoms with van der Waals surface area (Å²) in [6, 6.07) is 9.25. The van der Waals surface area contributed by atoms with Crippen molar-refractivity contribution in [2.75, 3.05) is 20.2 Å². The van der Waals surface area contributed by atoms with Crippen molar-refractivity contribution in [2.45, 2.75) is 38.4 Å². The van der Waals surface area contributed by atoms with Crippen LogP contribution in [0.3, 0.4) is 0 Å². The second-order valence-electron chi connectivity index (χ2n) is 6.86. The highest BCUT2D eigenvalue weighted by atomic mass is 16.5. The molecule has 0 spiro atoms. The topological polar surface area (TPSA) is 87.1 Å². The van der Waals surface area contributed by atoms with Gasteiger partial charge in [-0.05, 0) is 32.3 Å². The third-order valence-corrected chi connectivity index (χ3v) is 4.96. The summed E-state index contributed by atoms with van der Waals surface area (Å²) in [7, 11) is 1.45. The van der Waals surface area contributed by atoms with Crippen LogP contribution in [0.5, 0.6) is 0 Å². The number of carboxylic acid groups (broad SMARTS) is 1. The highest BCUT2D eigenvalue weighted by Gasteiger charge is 2.50. The number of benzene rings is 1. The molecule has 1 amide bonds. The number of hydrogen-bond acceptors (Lipinski definition) is 4. The van der Waals surface area contributed by atoms with Gasteiger partial charge in [-0.25, -0.2) is 0 Å². The number of aliphatic hydroxyl groups excluding tert-OH is 1. The molecule has 0 unspecified atom stereocenters. The second-order valence-corrected chi connectivity index (χ2v) is 6.86. The number of aliphatic carboxylic acids is 1. The Hall–Kier alpha value is -1.92. The first-order chi connectivity index (χ1) is 11.2. The lowest BCUT2D eigenvalue weighted by molar-refractivity contribution is -0.171. The highest BCUT2D eigenvalue weighted by molar-refractivity contribution is 5.85. The van der Waals surface area contributed by atoms with Gasteiger partial charge in [0.25, 0.3) is 5.91 Å². The normalized spacial score (nSPS) is 24.7. The van der Waals surface area contributed by atoms with Crippen LogP contribution < -0.4 is 0 Å². The number of methoxy groups -OCH3 is 1. The summed E-state index contributed by atoms with van der Waals surface area (Å²) in [5, 5.41) is 20.4. The third kappa shape index (κ3) is 3.44. The Kier molecular flexibility index (Phi) is 5.30.